The standard InChI is InChI=1S/C25H22ClNO4/c1-3-4-12-30-23-20(26)13-16(15-22(23)29-2)14-21-25(28)31-24(27-21)19-11-7-9-17-8-5-6-10-18(17)19/h5-11,13-15H,3-4,12H2,1-2H3/b21-14-. The highest BCUT2D eigenvalue weighted by molar-refractivity contribution is 6.32. The molecular formula is C25H22ClNO4. The Hall–Kier alpha value is -3.31. The van der Waals surface area contributed by atoms with Crippen molar-refractivity contribution in [1.29, 1.82) is 0 Å². The number of halogens is 1. The molecule has 0 amide bonds. The Labute approximate surface area is 185 Å². The fourth-order valence-corrected chi connectivity index (χ4v) is 3.65. The molecule has 0 unspecified atom stereocenters. The summed E-state index contributed by atoms with van der Waals surface area (Å²) >= 11 is 6.42. The quantitative estimate of drug-likeness (QED) is 0.258. The van der Waals surface area contributed by atoms with Crippen LogP contribution in [0.2, 0.25) is 5.02 Å². The van der Waals surface area contributed by atoms with E-state index in [0.717, 1.165) is 29.2 Å². The smallest absolute Gasteiger partial charge is 0.363 e. The number of carbonyl (C=O) groups excluding carboxylic acids is 1. The summed E-state index contributed by atoms with van der Waals surface area (Å²) in [6.07, 6.45) is 3.57. The van der Waals surface area contributed by atoms with Crippen LogP contribution in [0.25, 0.3) is 16.8 Å². The number of unbranched alkanes of at least 4 members (excludes halogenated alkanes) is 1. The van der Waals surface area contributed by atoms with Gasteiger partial charge in [-0.25, -0.2) is 9.79 Å². The SMILES string of the molecule is CCCCOc1c(Cl)cc(/C=C2\N=C(c3cccc4ccccc34)OC2=O)cc1OC. The highest BCUT2D eigenvalue weighted by Crippen LogP contribution is 2.37. The molecule has 4 rings (SSSR count). The van der Waals surface area contributed by atoms with Gasteiger partial charge in [-0.15, -0.1) is 0 Å². The highest BCUT2D eigenvalue weighted by atomic mass is 35.5. The average molecular weight is 436 g/mol. The summed E-state index contributed by atoms with van der Waals surface area (Å²) in [7, 11) is 1.55. The molecule has 3 aromatic carbocycles. The van der Waals surface area contributed by atoms with E-state index in [9.17, 15) is 4.79 Å². The molecule has 3 aromatic rings. The molecule has 0 aliphatic carbocycles. The van der Waals surface area contributed by atoms with Gasteiger partial charge in [0.15, 0.2) is 17.2 Å². The van der Waals surface area contributed by atoms with Crippen LogP contribution >= 0.6 is 11.6 Å². The molecule has 0 saturated carbocycles. The van der Waals surface area contributed by atoms with Gasteiger partial charge in [-0.1, -0.05) is 61.3 Å². The maximum Gasteiger partial charge on any atom is 0.363 e. The van der Waals surface area contributed by atoms with Crippen LogP contribution in [0.3, 0.4) is 0 Å². The number of benzene rings is 3. The zero-order valence-electron chi connectivity index (χ0n) is 17.4. The van der Waals surface area contributed by atoms with Gasteiger partial charge in [-0.2, -0.15) is 0 Å². The van der Waals surface area contributed by atoms with E-state index in [4.69, 9.17) is 25.8 Å². The van der Waals surface area contributed by atoms with E-state index in [2.05, 4.69) is 11.9 Å². The van der Waals surface area contributed by atoms with Crippen LogP contribution in [-0.4, -0.2) is 25.6 Å². The van der Waals surface area contributed by atoms with Crippen LogP contribution in [0.4, 0.5) is 0 Å². The number of esters is 1. The average Bonchev–Trinajstić information content (AvgIpc) is 3.14. The number of hydrogen-bond acceptors (Lipinski definition) is 5. The minimum atomic E-state index is -0.513. The molecule has 1 heterocycles. The van der Waals surface area contributed by atoms with Gasteiger partial charge in [-0.05, 0) is 47.0 Å². The van der Waals surface area contributed by atoms with Crippen molar-refractivity contribution in [3.8, 4) is 11.5 Å². The zero-order chi connectivity index (χ0) is 21.8. The number of cyclic esters (lactones) is 1. The van der Waals surface area contributed by atoms with Crippen molar-refractivity contribution >= 4 is 40.3 Å². The zero-order valence-corrected chi connectivity index (χ0v) is 18.1. The number of nitrogens with zero attached hydrogens (tertiary/aromatic N) is 1. The number of hydrogen-bond donors (Lipinski definition) is 0. The molecule has 1 aliphatic heterocycles. The summed E-state index contributed by atoms with van der Waals surface area (Å²) in [5, 5.41) is 2.43. The predicted molar refractivity (Wildman–Crippen MR) is 123 cm³/mol. The third-order valence-electron chi connectivity index (χ3n) is 4.94. The molecule has 0 aromatic heterocycles. The van der Waals surface area contributed by atoms with Gasteiger partial charge in [0.2, 0.25) is 5.90 Å². The lowest BCUT2D eigenvalue weighted by molar-refractivity contribution is -0.129. The molecule has 0 radical (unpaired) electrons. The Bertz CT molecular complexity index is 1190. The molecule has 5 nitrogen and oxygen atoms in total. The number of rotatable bonds is 7. The van der Waals surface area contributed by atoms with Crippen LogP contribution in [-0.2, 0) is 9.53 Å². The first-order valence-electron chi connectivity index (χ1n) is 10.1. The largest absolute Gasteiger partial charge is 0.493 e. The molecule has 0 fully saturated rings. The molecule has 0 bridgehead atoms. The van der Waals surface area contributed by atoms with Crippen LogP contribution in [0.5, 0.6) is 11.5 Å². The molecule has 0 saturated heterocycles. The van der Waals surface area contributed by atoms with E-state index in [1.807, 2.05) is 42.5 Å². The number of ether oxygens (including phenoxy) is 3. The molecule has 0 N–H and O–H groups in total. The van der Waals surface area contributed by atoms with Gasteiger partial charge < -0.3 is 14.2 Å². The van der Waals surface area contributed by atoms with Crippen molar-refractivity contribution in [2.75, 3.05) is 13.7 Å². The van der Waals surface area contributed by atoms with Crippen molar-refractivity contribution in [2.45, 2.75) is 19.8 Å². The minimum Gasteiger partial charge on any atom is -0.493 e. The monoisotopic (exact) mass is 435 g/mol. The van der Waals surface area contributed by atoms with Crippen molar-refractivity contribution in [2.24, 2.45) is 4.99 Å². The normalized spacial score (nSPS) is 14.6. The second-order valence-corrected chi connectivity index (χ2v) is 7.51. The summed E-state index contributed by atoms with van der Waals surface area (Å²) in [5.41, 5.74) is 1.63. The molecule has 158 valence electrons. The van der Waals surface area contributed by atoms with Crippen LogP contribution in [0.1, 0.15) is 30.9 Å². The minimum absolute atomic E-state index is 0.195. The molecule has 31 heavy (non-hydrogen) atoms. The van der Waals surface area contributed by atoms with E-state index in [1.54, 1.807) is 25.3 Å². The molecule has 0 atom stereocenters. The van der Waals surface area contributed by atoms with Gasteiger partial charge in [0.05, 0.1) is 18.7 Å². The Morgan fingerprint density at radius 2 is 1.94 bits per heavy atom. The number of fused-ring (bicyclic) bond motifs is 1. The third-order valence-corrected chi connectivity index (χ3v) is 5.22. The van der Waals surface area contributed by atoms with Gasteiger partial charge in [0.1, 0.15) is 0 Å². The summed E-state index contributed by atoms with van der Waals surface area (Å²) in [6.45, 7) is 2.64. The Morgan fingerprint density at radius 1 is 1.13 bits per heavy atom. The first-order chi connectivity index (χ1) is 15.1. The van der Waals surface area contributed by atoms with E-state index < -0.39 is 5.97 Å². The number of carbonyl (C=O) groups is 1. The third kappa shape index (κ3) is 4.42. The molecular weight excluding hydrogens is 414 g/mol. The first kappa shape index (κ1) is 20.9. The fourth-order valence-electron chi connectivity index (χ4n) is 3.38. The lowest BCUT2D eigenvalue weighted by Gasteiger charge is -2.13. The van der Waals surface area contributed by atoms with Crippen LogP contribution < -0.4 is 9.47 Å². The summed E-state index contributed by atoms with van der Waals surface area (Å²) in [6, 6.07) is 17.2. The van der Waals surface area contributed by atoms with Gasteiger partial charge >= 0.3 is 5.97 Å². The highest BCUT2D eigenvalue weighted by Gasteiger charge is 2.25. The van der Waals surface area contributed by atoms with E-state index in [-0.39, 0.29) is 11.6 Å². The molecule has 1 aliphatic rings. The van der Waals surface area contributed by atoms with Crippen molar-refractivity contribution in [3.05, 3.63) is 76.4 Å². The second-order valence-electron chi connectivity index (χ2n) is 7.10. The Balaban J connectivity index is 1.68. The Morgan fingerprint density at radius 3 is 2.74 bits per heavy atom. The van der Waals surface area contributed by atoms with Crippen LogP contribution in [0, 0.1) is 0 Å². The van der Waals surface area contributed by atoms with Gasteiger partial charge in [0.25, 0.3) is 0 Å². The number of methoxy groups -OCH3 is 1. The second kappa shape index (κ2) is 9.23. The van der Waals surface area contributed by atoms with Crippen molar-refractivity contribution < 1.29 is 19.0 Å². The Kier molecular flexibility index (Phi) is 6.23. The molecule has 0 spiro atoms. The maximum absolute atomic E-state index is 12.5. The van der Waals surface area contributed by atoms with Gasteiger partial charge in [-0.3, -0.25) is 0 Å². The summed E-state index contributed by atoms with van der Waals surface area (Å²) in [5.74, 6) is 0.765. The first-order valence-corrected chi connectivity index (χ1v) is 10.5. The van der Waals surface area contributed by atoms with Crippen LogP contribution in [0.15, 0.2) is 65.3 Å². The lowest BCUT2D eigenvalue weighted by Crippen LogP contribution is -2.05. The predicted octanol–water partition coefficient (Wildman–Crippen LogP) is 6.03. The summed E-state index contributed by atoms with van der Waals surface area (Å²) < 4.78 is 16.7. The van der Waals surface area contributed by atoms with Crippen molar-refractivity contribution in [1.82, 2.24) is 0 Å². The van der Waals surface area contributed by atoms with Crippen molar-refractivity contribution in [3.63, 3.8) is 0 Å². The lowest BCUT2D eigenvalue weighted by atomic mass is 10.0. The fraction of sp³-hybridized carbons (Fsp3) is 0.200. The summed E-state index contributed by atoms with van der Waals surface area (Å²) in [4.78, 5) is 16.9. The maximum atomic E-state index is 12.5. The molecule has 6 heteroatoms. The van der Waals surface area contributed by atoms with E-state index in [0.29, 0.717) is 28.7 Å². The van der Waals surface area contributed by atoms with Gasteiger partial charge in [0, 0.05) is 5.56 Å². The van der Waals surface area contributed by atoms with E-state index >= 15 is 0 Å². The number of aliphatic imine (C=N–C) groups is 1. The topological polar surface area (TPSA) is 57.1 Å². The van der Waals surface area contributed by atoms with E-state index in [1.165, 1.54) is 0 Å².